The summed E-state index contributed by atoms with van der Waals surface area (Å²) in [5, 5.41) is 0. The average Bonchev–Trinajstić information content (AvgIpc) is 3.24. The molecule has 0 unspecified atom stereocenters. The summed E-state index contributed by atoms with van der Waals surface area (Å²) >= 11 is 2.36. The third kappa shape index (κ3) is 2.99. The SMILES string of the molecule is COc1c(Cn2ccnc2)cncc1-c1nc2ccc(I)cc2n1C1CC1. The van der Waals surface area contributed by atoms with Gasteiger partial charge in [0.15, 0.2) is 0 Å². The van der Waals surface area contributed by atoms with Gasteiger partial charge in [-0.2, -0.15) is 0 Å². The van der Waals surface area contributed by atoms with Crippen molar-refractivity contribution in [1.29, 1.82) is 0 Å². The van der Waals surface area contributed by atoms with E-state index < -0.39 is 0 Å². The molecule has 0 saturated heterocycles. The highest BCUT2D eigenvalue weighted by Gasteiger charge is 2.30. The van der Waals surface area contributed by atoms with Crippen LogP contribution in [0.15, 0.2) is 49.3 Å². The fraction of sp³-hybridized carbons (Fsp3) is 0.250. The molecule has 1 fully saturated rings. The van der Waals surface area contributed by atoms with Crippen molar-refractivity contribution in [2.75, 3.05) is 7.11 Å². The van der Waals surface area contributed by atoms with Crippen LogP contribution in [0.4, 0.5) is 0 Å². The maximum Gasteiger partial charge on any atom is 0.146 e. The zero-order valence-corrected chi connectivity index (χ0v) is 17.0. The Balaban J connectivity index is 1.69. The van der Waals surface area contributed by atoms with Crippen molar-refractivity contribution >= 4 is 33.6 Å². The van der Waals surface area contributed by atoms with Gasteiger partial charge < -0.3 is 13.9 Å². The van der Waals surface area contributed by atoms with Crippen molar-refractivity contribution in [3.8, 4) is 17.1 Å². The second-order valence-electron chi connectivity index (χ2n) is 6.78. The third-order valence-electron chi connectivity index (χ3n) is 4.89. The van der Waals surface area contributed by atoms with Gasteiger partial charge in [0, 0.05) is 40.0 Å². The van der Waals surface area contributed by atoms with Crippen molar-refractivity contribution in [2.24, 2.45) is 0 Å². The molecule has 1 saturated carbocycles. The first kappa shape index (κ1) is 16.7. The topological polar surface area (TPSA) is 57.8 Å². The summed E-state index contributed by atoms with van der Waals surface area (Å²) in [6, 6.07) is 6.90. The van der Waals surface area contributed by atoms with Crippen LogP contribution in [0.25, 0.3) is 22.4 Å². The molecule has 0 N–H and O–H groups in total. The first-order valence-electron chi connectivity index (χ1n) is 8.89. The molecule has 136 valence electrons. The molecule has 1 aliphatic carbocycles. The van der Waals surface area contributed by atoms with Gasteiger partial charge in [-0.15, -0.1) is 0 Å². The number of halogens is 1. The lowest BCUT2D eigenvalue weighted by atomic mass is 10.1. The highest BCUT2D eigenvalue weighted by molar-refractivity contribution is 14.1. The van der Waals surface area contributed by atoms with E-state index in [4.69, 9.17) is 9.72 Å². The molecule has 0 bridgehead atoms. The summed E-state index contributed by atoms with van der Waals surface area (Å²) in [5.74, 6) is 1.76. The summed E-state index contributed by atoms with van der Waals surface area (Å²) in [6.07, 6.45) is 11.6. The standard InChI is InChI=1S/C20H18IN5O/c1-27-19-13(11-25-7-6-22-12-25)9-23-10-16(19)20-24-17-5-2-14(21)8-18(17)26(20)15-3-4-15/h2,5-10,12,15H,3-4,11H2,1H3. The summed E-state index contributed by atoms with van der Waals surface area (Å²) in [7, 11) is 1.71. The zero-order chi connectivity index (χ0) is 18.4. The van der Waals surface area contributed by atoms with E-state index >= 15 is 0 Å². The van der Waals surface area contributed by atoms with Crippen LogP contribution >= 0.6 is 22.6 Å². The monoisotopic (exact) mass is 471 g/mol. The Morgan fingerprint density at radius 3 is 2.85 bits per heavy atom. The molecule has 1 aliphatic rings. The Hall–Kier alpha value is -2.42. The molecule has 0 radical (unpaired) electrons. The van der Waals surface area contributed by atoms with Crippen LogP contribution < -0.4 is 4.74 Å². The Bertz CT molecular complexity index is 1120. The Kier molecular flexibility index (Phi) is 4.11. The summed E-state index contributed by atoms with van der Waals surface area (Å²) in [4.78, 5) is 13.6. The second kappa shape index (κ2) is 6.63. The van der Waals surface area contributed by atoms with E-state index in [1.54, 1.807) is 19.6 Å². The van der Waals surface area contributed by atoms with Crippen LogP contribution in [0, 0.1) is 3.57 Å². The molecular weight excluding hydrogens is 453 g/mol. The van der Waals surface area contributed by atoms with E-state index in [0.29, 0.717) is 12.6 Å². The van der Waals surface area contributed by atoms with Gasteiger partial charge in [0.1, 0.15) is 11.6 Å². The Morgan fingerprint density at radius 2 is 2.11 bits per heavy atom. The van der Waals surface area contributed by atoms with Gasteiger partial charge in [-0.3, -0.25) is 4.98 Å². The lowest BCUT2D eigenvalue weighted by Gasteiger charge is -2.14. The summed E-state index contributed by atoms with van der Waals surface area (Å²) in [6.45, 7) is 0.658. The van der Waals surface area contributed by atoms with Crippen molar-refractivity contribution in [3.05, 3.63) is 58.4 Å². The van der Waals surface area contributed by atoms with E-state index in [9.17, 15) is 0 Å². The number of fused-ring (bicyclic) bond motifs is 1. The van der Waals surface area contributed by atoms with Crippen LogP contribution in [0.1, 0.15) is 24.4 Å². The van der Waals surface area contributed by atoms with Crippen molar-refractivity contribution in [3.63, 3.8) is 0 Å². The highest BCUT2D eigenvalue weighted by atomic mass is 127. The Morgan fingerprint density at radius 1 is 1.22 bits per heavy atom. The number of aromatic nitrogens is 5. The largest absolute Gasteiger partial charge is 0.496 e. The highest BCUT2D eigenvalue weighted by Crippen LogP contribution is 2.43. The molecule has 0 spiro atoms. The molecule has 7 heteroatoms. The van der Waals surface area contributed by atoms with E-state index in [2.05, 4.69) is 55.3 Å². The molecule has 0 atom stereocenters. The molecule has 5 rings (SSSR count). The van der Waals surface area contributed by atoms with Gasteiger partial charge in [0.2, 0.25) is 0 Å². The normalized spacial score (nSPS) is 14.0. The van der Waals surface area contributed by atoms with Crippen LogP contribution in [-0.4, -0.2) is 31.2 Å². The molecule has 1 aromatic carbocycles. The third-order valence-corrected chi connectivity index (χ3v) is 5.56. The number of ether oxygens (including phenoxy) is 1. The number of methoxy groups -OCH3 is 1. The van der Waals surface area contributed by atoms with Gasteiger partial charge in [0.05, 0.1) is 36.6 Å². The van der Waals surface area contributed by atoms with E-state index in [0.717, 1.165) is 28.2 Å². The lowest BCUT2D eigenvalue weighted by Crippen LogP contribution is -2.04. The van der Waals surface area contributed by atoms with Crippen molar-refractivity contribution in [2.45, 2.75) is 25.4 Å². The molecule has 0 aliphatic heterocycles. The van der Waals surface area contributed by atoms with Crippen LogP contribution in [0.2, 0.25) is 0 Å². The zero-order valence-electron chi connectivity index (χ0n) is 14.8. The van der Waals surface area contributed by atoms with Gasteiger partial charge in [-0.1, -0.05) is 0 Å². The molecule has 6 nitrogen and oxygen atoms in total. The van der Waals surface area contributed by atoms with Gasteiger partial charge in [-0.25, -0.2) is 9.97 Å². The number of imidazole rings is 2. The fourth-order valence-corrected chi connectivity index (χ4v) is 4.02. The molecule has 3 aromatic heterocycles. The maximum absolute atomic E-state index is 5.83. The number of hydrogen-bond donors (Lipinski definition) is 0. The summed E-state index contributed by atoms with van der Waals surface area (Å²) in [5.41, 5.74) is 4.14. The first-order chi connectivity index (χ1) is 13.2. The van der Waals surface area contributed by atoms with Gasteiger partial charge >= 0.3 is 0 Å². The number of pyridine rings is 1. The van der Waals surface area contributed by atoms with Crippen LogP contribution in [0.3, 0.4) is 0 Å². The van der Waals surface area contributed by atoms with Crippen LogP contribution in [0.5, 0.6) is 5.75 Å². The summed E-state index contributed by atoms with van der Waals surface area (Å²) < 4.78 is 11.4. The Labute approximate surface area is 170 Å². The molecule has 27 heavy (non-hydrogen) atoms. The molecular formula is C20H18IN5O. The predicted molar refractivity (Wildman–Crippen MR) is 112 cm³/mol. The maximum atomic E-state index is 5.83. The van der Waals surface area contributed by atoms with E-state index in [-0.39, 0.29) is 0 Å². The molecule has 3 heterocycles. The quantitative estimate of drug-likeness (QED) is 0.408. The van der Waals surface area contributed by atoms with E-state index in [1.807, 2.05) is 23.2 Å². The number of hydrogen-bond acceptors (Lipinski definition) is 4. The number of benzene rings is 1. The fourth-order valence-electron chi connectivity index (χ4n) is 3.54. The van der Waals surface area contributed by atoms with Gasteiger partial charge in [-0.05, 0) is 53.6 Å². The minimum absolute atomic E-state index is 0.505. The van der Waals surface area contributed by atoms with Crippen LogP contribution in [-0.2, 0) is 6.54 Å². The van der Waals surface area contributed by atoms with Gasteiger partial charge in [0.25, 0.3) is 0 Å². The molecule has 4 aromatic rings. The van der Waals surface area contributed by atoms with Crippen molar-refractivity contribution < 1.29 is 4.74 Å². The lowest BCUT2D eigenvalue weighted by molar-refractivity contribution is 0.409. The number of nitrogens with zero attached hydrogens (tertiary/aromatic N) is 5. The number of rotatable bonds is 5. The predicted octanol–water partition coefficient (Wildman–Crippen LogP) is 4.29. The molecule has 0 amide bonds. The average molecular weight is 471 g/mol. The minimum Gasteiger partial charge on any atom is -0.496 e. The second-order valence-corrected chi connectivity index (χ2v) is 8.03. The van der Waals surface area contributed by atoms with Crippen molar-refractivity contribution in [1.82, 2.24) is 24.1 Å². The minimum atomic E-state index is 0.505. The first-order valence-corrected chi connectivity index (χ1v) is 9.97. The van der Waals surface area contributed by atoms with E-state index in [1.165, 1.54) is 21.9 Å². The smallest absolute Gasteiger partial charge is 0.146 e.